The monoisotopic (exact) mass is 230 g/mol. The Hall–Kier alpha value is -1.10. The molecular formula is C11H13F3N2. The van der Waals surface area contributed by atoms with Crippen molar-refractivity contribution >= 4 is 0 Å². The van der Waals surface area contributed by atoms with Gasteiger partial charge in [0, 0.05) is 17.9 Å². The van der Waals surface area contributed by atoms with E-state index in [1.54, 1.807) is 0 Å². The first kappa shape index (κ1) is 11.4. The fraction of sp³-hybridized carbons (Fsp3) is 0.545. The Labute approximate surface area is 91.7 Å². The number of pyridine rings is 1. The predicted octanol–water partition coefficient (Wildman–Crippen LogP) is 2.83. The lowest BCUT2D eigenvalue weighted by Gasteiger charge is -2.27. The molecule has 0 spiro atoms. The third-order valence-electron chi connectivity index (χ3n) is 3.16. The summed E-state index contributed by atoms with van der Waals surface area (Å²) in [7, 11) is 0. The van der Waals surface area contributed by atoms with E-state index in [0.717, 1.165) is 19.0 Å². The van der Waals surface area contributed by atoms with Crippen molar-refractivity contribution in [3.63, 3.8) is 0 Å². The van der Waals surface area contributed by atoms with Crippen LogP contribution in [0.3, 0.4) is 0 Å². The van der Waals surface area contributed by atoms with E-state index >= 15 is 0 Å². The third kappa shape index (κ3) is 1.91. The molecule has 0 saturated heterocycles. The van der Waals surface area contributed by atoms with Crippen LogP contribution in [-0.2, 0) is 11.7 Å². The Morgan fingerprint density at radius 1 is 1.25 bits per heavy atom. The normalized spacial score (nSPS) is 20.0. The highest BCUT2D eigenvalue weighted by atomic mass is 19.4. The van der Waals surface area contributed by atoms with E-state index in [1.165, 1.54) is 12.3 Å². The fourth-order valence-corrected chi connectivity index (χ4v) is 2.33. The SMILES string of the molecule is NC1(c2ccncc2C(F)(F)F)CCCC1. The maximum absolute atomic E-state index is 12.8. The fourth-order valence-electron chi connectivity index (χ4n) is 2.33. The van der Waals surface area contributed by atoms with Crippen LogP contribution in [0.25, 0.3) is 0 Å². The van der Waals surface area contributed by atoms with Gasteiger partial charge in [0.1, 0.15) is 0 Å². The van der Waals surface area contributed by atoms with Gasteiger partial charge in [-0.15, -0.1) is 0 Å². The Balaban J connectivity index is 2.48. The molecule has 2 N–H and O–H groups in total. The zero-order valence-corrected chi connectivity index (χ0v) is 8.72. The molecule has 0 radical (unpaired) electrons. The van der Waals surface area contributed by atoms with Crippen LogP contribution >= 0.6 is 0 Å². The average Bonchev–Trinajstić information content (AvgIpc) is 2.65. The summed E-state index contributed by atoms with van der Waals surface area (Å²) < 4.78 is 38.3. The molecule has 0 aromatic carbocycles. The lowest BCUT2D eigenvalue weighted by Crippen LogP contribution is -2.35. The van der Waals surface area contributed by atoms with E-state index in [9.17, 15) is 13.2 Å². The second kappa shape index (κ2) is 3.73. The molecule has 2 nitrogen and oxygen atoms in total. The number of rotatable bonds is 1. The van der Waals surface area contributed by atoms with Gasteiger partial charge < -0.3 is 5.73 Å². The van der Waals surface area contributed by atoms with Gasteiger partial charge in [0.05, 0.1) is 5.56 Å². The first-order chi connectivity index (χ1) is 7.43. The molecule has 1 saturated carbocycles. The summed E-state index contributed by atoms with van der Waals surface area (Å²) in [6.45, 7) is 0. The van der Waals surface area contributed by atoms with Crippen molar-refractivity contribution in [2.45, 2.75) is 37.4 Å². The van der Waals surface area contributed by atoms with Crippen LogP contribution in [0.1, 0.15) is 36.8 Å². The minimum Gasteiger partial charge on any atom is -0.321 e. The van der Waals surface area contributed by atoms with Gasteiger partial charge in [0.2, 0.25) is 0 Å². The molecule has 0 unspecified atom stereocenters. The number of halogens is 3. The topological polar surface area (TPSA) is 38.9 Å². The summed E-state index contributed by atoms with van der Waals surface area (Å²) in [6, 6.07) is 1.40. The Bertz CT molecular complexity index is 381. The number of alkyl halides is 3. The van der Waals surface area contributed by atoms with Crippen LogP contribution in [0.15, 0.2) is 18.5 Å². The van der Waals surface area contributed by atoms with E-state index < -0.39 is 17.3 Å². The molecule has 1 heterocycles. The van der Waals surface area contributed by atoms with Crippen LogP contribution in [0.2, 0.25) is 0 Å². The van der Waals surface area contributed by atoms with Gasteiger partial charge in [-0.3, -0.25) is 4.98 Å². The minimum absolute atomic E-state index is 0.188. The van der Waals surface area contributed by atoms with Gasteiger partial charge in [-0.25, -0.2) is 0 Å². The molecule has 5 heteroatoms. The van der Waals surface area contributed by atoms with Crippen molar-refractivity contribution < 1.29 is 13.2 Å². The first-order valence-electron chi connectivity index (χ1n) is 5.24. The van der Waals surface area contributed by atoms with E-state index in [2.05, 4.69) is 4.98 Å². The molecule has 1 fully saturated rings. The highest BCUT2D eigenvalue weighted by Crippen LogP contribution is 2.42. The highest BCUT2D eigenvalue weighted by Gasteiger charge is 2.41. The second-order valence-electron chi connectivity index (χ2n) is 4.28. The number of nitrogens with zero attached hydrogens (tertiary/aromatic N) is 1. The molecule has 1 aliphatic carbocycles. The van der Waals surface area contributed by atoms with E-state index in [-0.39, 0.29) is 5.56 Å². The maximum Gasteiger partial charge on any atom is 0.418 e. The molecule has 0 atom stereocenters. The quantitative estimate of drug-likeness (QED) is 0.805. The summed E-state index contributed by atoms with van der Waals surface area (Å²) in [5, 5.41) is 0. The van der Waals surface area contributed by atoms with Crippen molar-refractivity contribution in [3.05, 3.63) is 29.6 Å². The highest BCUT2D eigenvalue weighted by molar-refractivity contribution is 5.33. The Morgan fingerprint density at radius 3 is 2.44 bits per heavy atom. The largest absolute Gasteiger partial charge is 0.418 e. The summed E-state index contributed by atoms with van der Waals surface area (Å²) >= 11 is 0. The van der Waals surface area contributed by atoms with Crippen molar-refractivity contribution in [1.29, 1.82) is 0 Å². The summed E-state index contributed by atoms with van der Waals surface area (Å²) in [5.41, 5.74) is 4.72. The standard InChI is InChI=1S/C11H13F3N2/c12-11(13,14)9-7-16-6-3-8(9)10(15)4-1-2-5-10/h3,6-7H,1-2,4-5,15H2. The smallest absolute Gasteiger partial charge is 0.321 e. The van der Waals surface area contributed by atoms with Gasteiger partial charge in [-0.2, -0.15) is 13.2 Å². The van der Waals surface area contributed by atoms with Crippen LogP contribution in [-0.4, -0.2) is 4.98 Å². The molecule has 0 aliphatic heterocycles. The zero-order valence-electron chi connectivity index (χ0n) is 8.72. The van der Waals surface area contributed by atoms with E-state index in [1.807, 2.05) is 0 Å². The van der Waals surface area contributed by atoms with E-state index in [0.29, 0.717) is 12.8 Å². The van der Waals surface area contributed by atoms with Crippen molar-refractivity contribution in [1.82, 2.24) is 4.98 Å². The van der Waals surface area contributed by atoms with Crippen molar-refractivity contribution in [2.75, 3.05) is 0 Å². The minimum atomic E-state index is -4.38. The van der Waals surface area contributed by atoms with Crippen LogP contribution in [0, 0.1) is 0 Å². The molecule has 88 valence electrons. The van der Waals surface area contributed by atoms with Gasteiger partial charge >= 0.3 is 6.18 Å². The Kier molecular flexibility index (Phi) is 2.66. The molecule has 1 aromatic heterocycles. The summed E-state index contributed by atoms with van der Waals surface area (Å²) in [5.74, 6) is 0. The average molecular weight is 230 g/mol. The lowest BCUT2D eigenvalue weighted by molar-refractivity contribution is -0.139. The van der Waals surface area contributed by atoms with Gasteiger partial charge in [-0.05, 0) is 24.5 Å². The van der Waals surface area contributed by atoms with Gasteiger partial charge in [-0.1, -0.05) is 12.8 Å². The van der Waals surface area contributed by atoms with Crippen molar-refractivity contribution in [3.8, 4) is 0 Å². The molecule has 16 heavy (non-hydrogen) atoms. The maximum atomic E-state index is 12.8. The molecule has 1 aliphatic rings. The number of aromatic nitrogens is 1. The molecular weight excluding hydrogens is 217 g/mol. The van der Waals surface area contributed by atoms with Crippen LogP contribution in [0.5, 0.6) is 0 Å². The number of hydrogen-bond acceptors (Lipinski definition) is 2. The third-order valence-corrected chi connectivity index (χ3v) is 3.16. The Morgan fingerprint density at radius 2 is 1.88 bits per heavy atom. The van der Waals surface area contributed by atoms with Crippen LogP contribution in [0.4, 0.5) is 13.2 Å². The molecule has 2 rings (SSSR count). The zero-order chi connectivity index (χ0) is 11.8. The molecule has 1 aromatic rings. The summed E-state index contributed by atoms with van der Waals surface area (Å²) in [4.78, 5) is 3.54. The molecule has 0 amide bonds. The van der Waals surface area contributed by atoms with Gasteiger partial charge in [0.25, 0.3) is 0 Å². The number of nitrogens with two attached hydrogens (primary N) is 1. The predicted molar refractivity (Wildman–Crippen MR) is 53.6 cm³/mol. The van der Waals surface area contributed by atoms with Gasteiger partial charge in [0.15, 0.2) is 0 Å². The lowest BCUT2D eigenvalue weighted by atomic mass is 9.87. The summed E-state index contributed by atoms with van der Waals surface area (Å²) in [6.07, 6.45) is 0.852. The first-order valence-corrected chi connectivity index (χ1v) is 5.24. The van der Waals surface area contributed by atoms with Crippen LogP contribution < -0.4 is 5.73 Å². The van der Waals surface area contributed by atoms with E-state index in [4.69, 9.17) is 5.73 Å². The molecule has 0 bridgehead atoms. The number of hydrogen-bond donors (Lipinski definition) is 1. The van der Waals surface area contributed by atoms with Crippen molar-refractivity contribution in [2.24, 2.45) is 5.73 Å². The second-order valence-corrected chi connectivity index (χ2v) is 4.28.